The Morgan fingerprint density at radius 3 is 2.88 bits per heavy atom. The molecule has 1 aromatic carbocycles. The van der Waals surface area contributed by atoms with E-state index in [-0.39, 0.29) is 17.4 Å². The van der Waals surface area contributed by atoms with Gasteiger partial charge in [0, 0.05) is 44.6 Å². The third-order valence-electron chi connectivity index (χ3n) is 5.88. The van der Waals surface area contributed by atoms with Crippen LogP contribution in [0.25, 0.3) is 0 Å². The number of para-hydroxylation sites is 1. The van der Waals surface area contributed by atoms with E-state index in [2.05, 4.69) is 17.3 Å². The van der Waals surface area contributed by atoms with Gasteiger partial charge in [-0.15, -0.1) is 0 Å². The van der Waals surface area contributed by atoms with E-state index in [1.165, 1.54) is 0 Å². The molecule has 2 saturated heterocycles. The molecule has 26 heavy (non-hydrogen) atoms. The zero-order valence-electron chi connectivity index (χ0n) is 15.8. The molecule has 2 amide bonds. The number of nitrogens with one attached hydrogen (secondary N) is 1. The fraction of sp³-hybridized carbons (Fsp3) is 0.600. The quantitative estimate of drug-likeness (QED) is 0.884. The standard InChI is InChI=1S/C20H29N3O3/c1-22-13-14-23(15-20(22)10-9-18(24)21-12-11-20)19(25)8-7-16-5-3-4-6-17(16)26-2/h3-6H,7-15H2,1-2H3,(H,21,24)/t20-/m1/s1. The summed E-state index contributed by atoms with van der Waals surface area (Å²) in [5.41, 5.74) is 0.980. The summed E-state index contributed by atoms with van der Waals surface area (Å²) in [6.07, 6.45) is 3.41. The maximum Gasteiger partial charge on any atom is 0.223 e. The van der Waals surface area contributed by atoms with Gasteiger partial charge in [-0.2, -0.15) is 0 Å². The van der Waals surface area contributed by atoms with Gasteiger partial charge in [0.25, 0.3) is 0 Å². The number of nitrogens with zero attached hydrogens (tertiary/aromatic N) is 2. The molecule has 6 heteroatoms. The van der Waals surface area contributed by atoms with Gasteiger partial charge in [0.15, 0.2) is 0 Å². The van der Waals surface area contributed by atoms with Crippen molar-refractivity contribution in [2.45, 2.75) is 37.6 Å². The Balaban J connectivity index is 1.63. The Hall–Kier alpha value is -2.08. The molecule has 0 unspecified atom stereocenters. The number of hydrogen-bond acceptors (Lipinski definition) is 4. The third-order valence-corrected chi connectivity index (χ3v) is 5.88. The van der Waals surface area contributed by atoms with Crippen molar-refractivity contribution in [3.8, 4) is 5.75 Å². The van der Waals surface area contributed by atoms with E-state index in [9.17, 15) is 9.59 Å². The van der Waals surface area contributed by atoms with Gasteiger partial charge >= 0.3 is 0 Å². The molecule has 6 nitrogen and oxygen atoms in total. The number of piperazine rings is 1. The first kappa shape index (κ1) is 18.7. The van der Waals surface area contributed by atoms with Crippen LogP contribution >= 0.6 is 0 Å². The first-order chi connectivity index (χ1) is 12.5. The molecule has 2 aliphatic rings. The lowest BCUT2D eigenvalue weighted by Crippen LogP contribution is -2.62. The van der Waals surface area contributed by atoms with Crippen LogP contribution in [0, 0.1) is 0 Å². The second-order valence-corrected chi connectivity index (χ2v) is 7.37. The van der Waals surface area contributed by atoms with Crippen LogP contribution in [0.2, 0.25) is 0 Å². The van der Waals surface area contributed by atoms with Crippen molar-refractivity contribution in [1.82, 2.24) is 15.1 Å². The predicted molar refractivity (Wildman–Crippen MR) is 100 cm³/mol. The van der Waals surface area contributed by atoms with Gasteiger partial charge in [-0.3, -0.25) is 14.5 Å². The number of methoxy groups -OCH3 is 1. The van der Waals surface area contributed by atoms with Crippen LogP contribution in [0.15, 0.2) is 24.3 Å². The van der Waals surface area contributed by atoms with Crippen molar-refractivity contribution in [3.05, 3.63) is 29.8 Å². The molecule has 1 spiro atoms. The van der Waals surface area contributed by atoms with Crippen molar-refractivity contribution < 1.29 is 14.3 Å². The molecule has 0 aromatic heterocycles. The van der Waals surface area contributed by atoms with Crippen LogP contribution in [-0.2, 0) is 16.0 Å². The summed E-state index contributed by atoms with van der Waals surface area (Å²) >= 11 is 0. The zero-order chi connectivity index (χ0) is 18.6. The SMILES string of the molecule is COc1ccccc1CCC(=O)N1CCN(C)[C@]2(CCNC(=O)CC2)C1. The zero-order valence-corrected chi connectivity index (χ0v) is 15.8. The van der Waals surface area contributed by atoms with E-state index in [0.717, 1.165) is 37.2 Å². The lowest BCUT2D eigenvalue weighted by molar-refractivity contribution is -0.136. The number of amides is 2. The lowest BCUT2D eigenvalue weighted by atomic mass is 9.86. The Kier molecular flexibility index (Phi) is 5.81. The number of ether oxygens (including phenoxy) is 1. The minimum atomic E-state index is -0.0858. The Bertz CT molecular complexity index is 663. The average Bonchev–Trinajstić information content (AvgIpc) is 2.84. The van der Waals surface area contributed by atoms with Gasteiger partial charge in [-0.1, -0.05) is 18.2 Å². The number of carbonyl (C=O) groups is 2. The summed E-state index contributed by atoms with van der Waals surface area (Å²) in [6, 6.07) is 7.86. The maximum atomic E-state index is 12.8. The molecule has 142 valence electrons. The van der Waals surface area contributed by atoms with Crippen molar-refractivity contribution in [1.29, 1.82) is 0 Å². The Labute approximate surface area is 155 Å². The average molecular weight is 359 g/mol. The monoisotopic (exact) mass is 359 g/mol. The predicted octanol–water partition coefficient (Wildman–Crippen LogP) is 1.44. The molecule has 2 fully saturated rings. The van der Waals surface area contributed by atoms with Crippen molar-refractivity contribution in [2.24, 2.45) is 0 Å². The van der Waals surface area contributed by atoms with Crippen molar-refractivity contribution in [2.75, 3.05) is 40.3 Å². The molecule has 3 rings (SSSR count). The molecular weight excluding hydrogens is 330 g/mol. The smallest absolute Gasteiger partial charge is 0.223 e. The van der Waals surface area contributed by atoms with E-state index in [1.807, 2.05) is 29.2 Å². The van der Waals surface area contributed by atoms with Crippen molar-refractivity contribution in [3.63, 3.8) is 0 Å². The molecule has 0 bridgehead atoms. The molecule has 0 saturated carbocycles. The number of aryl methyl sites for hydroxylation is 1. The number of likely N-dealkylation sites (N-methyl/N-ethyl adjacent to an activating group) is 1. The molecule has 2 heterocycles. The largest absolute Gasteiger partial charge is 0.496 e. The second-order valence-electron chi connectivity index (χ2n) is 7.37. The van der Waals surface area contributed by atoms with Gasteiger partial charge in [0.05, 0.1) is 7.11 Å². The second kappa shape index (κ2) is 8.08. The fourth-order valence-corrected chi connectivity index (χ4v) is 4.12. The minimum absolute atomic E-state index is 0.0858. The number of carbonyl (C=O) groups excluding carboxylic acids is 2. The van der Waals surface area contributed by atoms with Gasteiger partial charge in [0.1, 0.15) is 5.75 Å². The van der Waals surface area contributed by atoms with Gasteiger partial charge in [-0.05, 0) is 37.9 Å². The summed E-state index contributed by atoms with van der Waals surface area (Å²) in [4.78, 5) is 28.9. The molecule has 1 N–H and O–H groups in total. The van der Waals surface area contributed by atoms with Crippen LogP contribution in [0.5, 0.6) is 5.75 Å². The van der Waals surface area contributed by atoms with Gasteiger partial charge in [0.2, 0.25) is 11.8 Å². The van der Waals surface area contributed by atoms with Crippen LogP contribution in [-0.4, -0.2) is 67.5 Å². The van der Waals surface area contributed by atoms with E-state index < -0.39 is 0 Å². The van der Waals surface area contributed by atoms with E-state index in [1.54, 1.807) is 7.11 Å². The summed E-state index contributed by atoms with van der Waals surface area (Å²) in [7, 11) is 3.78. The first-order valence-electron chi connectivity index (χ1n) is 9.42. The summed E-state index contributed by atoms with van der Waals surface area (Å²) < 4.78 is 5.38. The van der Waals surface area contributed by atoms with Crippen LogP contribution in [0.4, 0.5) is 0 Å². The van der Waals surface area contributed by atoms with E-state index >= 15 is 0 Å². The fourth-order valence-electron chi connectivity index (χ4n) is 4.12. The van der Waals surface area contributed by atoms with Crippen LogP contribution < -0.4 is 10.1 Å². The van der Waals surface area contributed by atoms with Crippen molar-refractivity contribution >= 4 is 11.8 Å². The summed E-state index contributed by atoms with van der Waals surface area (Å²) in [5, 5.41) is 2.96. The normalized spacial score (nSPS) is 24.2. The van der Waals surface area contributed by atoms with Crippen LogP contribution in [0.1, 0.15) is 31.2 Å². The van der Waals surface area contributed by atoms with E-state index in [4.69, 9.17) is 4.74 Å². The topological polar surface area (TPSA) is 61.9 Å². The highest BCUT2D eigenvalue weighted by Gasteiger charge is 2.41. The molecule has 1 atom stereocenters. The minimum Gasteiger partial charge on any atom is -0.496 e. The molecule has 0 aliphatic carbocycles. The Morgan fingerprint density at radius 1 is 1.27 bits per heavy atom. The molecule has 0 radical (unpaired) electrons. The highest BCUT2D eigenvalue weighted by molar-refractivity contribution is 5.77. The third kappa shape index (κ3) is 4.01. The van der Waals surface area contributed by atoms with Gasteiger partial charge < -0.3 is 15.0 Å². The highest BCUT2D eigenvalue weighted by atomic mass is 16.5. The van der Waals surface area contributed by atoms with E-state index in [0.29, 0.717) is 32.4 Å². The summed E-state index contributed by atoms with van der Waals surface area (Å²) in [5.74, 6) is 1.14. The number of hydrogen-bond donors (Lipinski definition) is 1. The maximum absolute atomic E-state index is 12.8. The van der Waals surface area contributed by atoms with Gasteiger partial charge in [-0.25, -0.2) is 0 Å². The number of benzene rings is 1. The molecule has 1 aromatic rings. The first-order valence-corrected chi connectivity index (χ1v) is 9.42. The molecular formula is C20H29N3O3. The summed E-state index contributed by atoms with van der Waals surface area (Å²) in [6.45, 7) is 3.01. The number of rotatable bonds is 4. The highest BCUT2D eigenvalue weighted by Crippen LogP contribution is 2.31. The lowest BCUT2D eigenvalue weighted by Gasteiger charge is -2.49. The van der Waals surface area contributed by atoms with Crippen LogP contribution in [0.3, 0.4) is 0 Å². The molecule has 2 aliphatic heterocycles. The Morgan fingerprint density at radius 2 is 2.08 bits per heavy atom.